The highest BCUT2D eigenvalue weighted by Crippen LogP contribution is 2.25. The molecule has 0 aliphatic heterocycles. The van der Waals surface area contributed by atoms with E-state index in [0.29, 0.717) is 30.2 Å². The molecule has 0 saturated heterocycles. The third kappa shape index (κ3) is 6.43. The largest absolute Gasteiger partial charge is 0.493 e. The first-order valence-corrected chi connectivity index (χ1v) is 7.85. The van der Waals surface area contributed by atoms with Crippen molar-refractivity contribution in [2.45, 2.75) is 6.61 Å². The van der Waals surface area contributed by atoms with Crippen molar-refractivity contribution >= 4 is 12.0 Å². The zero-order valence-corrected chi connectivity index (χ0v) is 14.2. The molecule has 2 aromatic carbocycles. The quantitative estimate of drug-likeness (QED) is 0.547. The third-order valence-corrected chi connectivity index (χ3v) is 3.26. The molecular weight excluding hydrogens is 344 g/mol. The maximum absolute atomic E-state index is 12.1. The Bertz CT molecular complexity index is 733. The molecule has 0 aromatic heterocycles. The Morgan fingerprint density at radius 3 is 2.46 bits per heavy atom. The van der Waals surface area contributed by atoms with E-state index in [1.807, 2.05) is 12.1 Å². The fraction of sp³-hybridized carbons (Fsp3) is 0.211. The molecule has 0 fully saturated rings. The number of nitrogens with one attached hydrogen (secondary N) is 1. The van der Waals surface area contributed by atoms with E-state index in [2.05, 4.69) is 10.1 Å². The SMILES string of the molecule is COc1ccccc1OCCNC(=O)/C=C/c1ccc(OC(F)F)cc1. The average molecular weight is 363 g/mol. The van der Waals surface area contributed by atoms with Crippen molar-refractivity contribution in [1.29, 1.82) is 0 Å². The molecule has 0 spiro atoms. The van der Waals surface area contributed by atoms with Crippen LogP contribution in [0.4, 0.5) is 8.78 Å². The van der Waals surface area contributed by atoms with Gasteiger partial charge in [-0.25, -0.2) is 0 Å². The first kappa shape index (κ1) is 19.2. The second kappa shape index (κ2) is 10.0. The highest BCUT2D eigenvalue weighted by atomic mass is 19.3. The predicted octanol–water partition coefficient (Wildman–Crippen LogP) is 3.51. The lowest BCUT2D eigenvalue weighted by Gasteiger charge is -2.10. The van der Waals surface area contributed by atoms with Gasteiger partial charge in [0.1, 0.15) is 12.4 Å². The monoisotopic (exact) mass is 363 g/mol. The topological polar surface area (TPSA) is 56.8 Å². The Hall–Kier alpha value is -3.09. The van der Waals surface area contributed by atoms with Gasteiger partial charge in [-0.1, -0.05) is 24.3 Å². The van der Waals surface area contributed by atoms with Crippen LogP contribution in [-0.4, -0.2) is 32.8 Å². The van der Waals surface area contributed by atoms with Gasteiger partial charge >= 0.3 is 6.61 Å². The van der Waals surface area contributed by atoms with Crippen molar-refractivity contribution in [2.75, 3.05) is 20.3 Å². The van der Waals surface area contributed by atoms with Crippen LogP contribution in [-0.2, 0) is 4.79 Å². The van der Waals surface area contributed by atoms with Crippen LogP contribution < -0.4 is 19.5 Å². The van der Waals surface area contributed by atoms with Crippen LogP contribution in [0.3, 0.4) is 0 Å². The summed E-state index contributed by atoms with van der Waals surface area (Å²) in [6.45, 7) is -2.25. The third-order valence-electron chi connectivity index (χ3n) is 3.26. The lowest BCUT2D eigenvalue weighted by molar-refractivity contribution is -0.116. The Kier molecular flexibility index (Phi) is 7.42. The number of ether oxygens (including phenoxy) is 3. The summed E-state index contributed by atoms with van der Waals surface area (Å²) < 4.78 is 39.1. The molecule has 5 nitrogen and oxygen atoms in total. The normalized spacial score (nSPS) is 10.8. The molecule has 0 heterocycles. The van der Waals surface area contributed by atoms with Crippen molar-refractivity contribution in [2.24, 2.45) is 0 Å². The minimum absolute atomic E-state index is 0.0649. The Balaban J connectivity index is 1.73. The first-order chi connectivity index (χ1) is 12.6. The summed E-state index contributed by atoms with van der Waals surface area (Å²) in [7, 11) is 1.56. The zero-order valence-electron chi connectivity index (χ0n) is 14.2. The van der Waals surface area contributed by atoms with E-state index in [-0.39, 0.29) is 11.7 Å². The molecule has 0 aliphatic carbocycles. The summed E-state index contributed by atoms with van der Waals surface area (Å²) in [4.78, 5) is 11.8. The number of rotatable bonds is 9. The number of carbonyl (C=O) groups excluding carboxylic acids is 1. The number of hydrogen-bond donors (Lipinski definition) is 1. The van der Waals surface area contributed by atoms with Crippen molar-refractivity contribution in [3.63, 3.8) is 0 Å². The van der Waals surface area contributed by atoms with Crippen molar-refractivity contribution < 1.29 is 27.8 Å². The fourth-order valence-electron chi connectivity index (χ4n) is 2.06. The van der Waals surface area contributed by atoms with E-state index in [1.54, 1.807) is 37.5 Å². The molecule has 0 radical (unpaired) electrons. The van der Waals surface area contributed by atoms with Crippen LogP contribution in [0.15, 0.2) is 54.6 Å². The van der Waals surface area contributed by atoms with Crippen LogP contribution in [0.5, 0.6) is 17.2 Å². The molecule has 2 aromatic rings. The number of amides is 1. The molecule has 1 N–H and O–H groups in total. The Morgan fingerprint density at radius 2 is 1.81 bits per heavy atom. The maximum Gasteiger partial charge on any atom is 0.387 e. The second-order valence-corrected chi connectivity index (χ2v) is 5.07. The van der Waals surface area contributed by atoms with Crippen molar-refractivity contribution in [3.8, 4) is 17.2 Å². The minimum Gasteiger partial charge on any atom is -0.493 e. The van der Waals surface area contributed by atoms with Crippen LogP contribution >= 0.6 is 0 Å². The standard InChI is InChI=1S/C19H19F2NO4/c1-24-16-4-2-3-5-17(16)25-13-12-22-18(23)11-8-14-6-9-15(10-7-14)26-19(20)21/h2-11,19H,12-13H2,1H3,(H,22,23)/b11-8+. The minimum atomic E-state index is -2.86. The van der Waals surface area contributed by atoms with Gasteiger partial charge in [-0.05, 0) is 35.9 Å². The number of benzene rings is 2. The van der Waals surface area contributed by atoms with Gasteiger partial charge in [-0.15, -0.1) is 0 Å². The van der Waals surface area contributed by atoms with Gasteiger partial charge < -0.3 is 19.5 Å². The second-order valence-electron chi connectivity index (χ2n) is 5.07. The number of hydrogen-bond acceptors (Lipinski definition) is 4. The van der Waals surface area contributed by atoms with E-state index in [4.69, 9.17) is 9.47 Å². The van der Waals surface area contributed by atoms with E-state index in [9.17, 15) is 13.6 Å². The zero-order chi connectivity index (χ0) is 18.8. The van der Waals surface area contributed by atoms with Crippen LogP contribution in [0.2, 0.25) is 0 Å². The number of carbonyl (C=O) groups is 1. The van der Waals surface area contributed by atoms with Gasteiger partial charge in [0.15, 0.2) is 11.5 Å². The number of halogens is 2. The highest BCUT2D eigenvalue weighted by Gasteiger charge is 2.04. The number of para-hydroxylation sites is 2. The molecule has 7 heteroatoms. The Labute approximate surface area is 150 Å². The summed E-state index contributed by atoms with van der Waals surface area (Å²) in [5, 5.41) is 2.68. The van der Waals surface area contributed by atoms with Crippen LogP contribution in [0.25, 0.3) is 6.08 Å². The molecule has 138 valence electrons. The summed E-state index contributed by atoms with van der Waals surface area (Å²) in [5.41, 5.74) is 0.687. The van der Waals surface area contributed by atoms with E-state index >= 15 is 0 Å². The lowest BCUT2D eigenvalue weighted by Crippen LogP contribution is -2.26. The van der Waals surface area contributed by atoms with Gasteiger partial charge in [0.25, 0.3) is 0 Å². The lowest BCUT2D eigenvalue weighted by atomic mass is 10.2. The highest BCUT2D eigenvalue weighted by molar-refractivity contribution is 5.91. The van der Waals surface area contributed by atoms with Crippen molar-refractivity contribution in [3.05, 3.63) is 60.2 Å². The predicted molar refractivity (Wildman–Crippen MR) is 93.6 cm³/mol. The molecule has 26 heavy (non-hydrogen) atoms. The fourth-order valence-corrected chi connectivity index (χ4v) is 2.06. The molecule has 0 unspecified atom stereocenters. The molecule has 0 aliphatic rings. The molecular formula is C19H19F2NO4. The van der Waals surface area contributed by atoms with Gasteiger partial charge in [0.2, 0.25) is 5.91 Å². The van der Waals surface area contributed by atoms with Crippen LogP contribution in [0, 0.1) is 0 Å². The van der Waals surface area contributed by atoms with Crippen LogP contribution in [0.1, 0.15) is 5.56 Å². The molecule has 2 rings (SSSR count). The molecule has 0 bridgehead atoms. The van der Waals surface area contributed by atoms with Gasteiger partial charge in [-0.2, -0.15) is 8.78 Å². The smallest absolute Gasteiger partial charge is 0.387 e. The molecule has 0 atom stereocenters. The summed E-state index contributed by atoms with van der Waals surface area (Å²) in [6.07, 6.45) is 2.93. The summed E-state index contributed by atoms with van der Waals surface area (Å²) in [6, 6.07) is 13.2. The van der Waals surface area contributed by atoms with E-state index < -0.39 is 6.61 Å². The number of methoxy groups -OCH3 is 1. The summed E-state index contributed by atoms with van der Waals surface area (Å²) >= 11 is 0. The van der Waals surface area contributed by atoms with Crippen molar-refractivity contribution in [1.82, 2.24) is 5.32 Å². The Morgan fingerprint density at radius 1 is 1.12 bits per heavy atom. The van der Waals surface area contributed by atoms with Gasteiger partial charge in [0.05, 0.1) is 13.7 Å². The van der Waals surface area contributed by atoms with Gasteiger partial charge in [0, 0.05) is 6.08 Å². The first-order valence-electron chi connectivity index (χ1n) is 7.85. The maximum atomic E-state index is 12.1. The van der Waals surface area contributed by atoms with E-state index in [0.717, 1.165) is 0 Å². The average Bonchev–Trinajstić information content (AvgIpc) is 2.64. The summed E-state index contributed by atoms with van der Waals surface area (Å²) in [5.74, 6) is 1.00. The van der Waals surface area contributed by atoms with Gasteiger partial charge in [-0.3, -0.25) is 4.79 Å². The molecule has 0 saturated carbocycles. The molecule has 1 amide bonds. The van der Waals surface area contributed by atoms with E-state index in [1.165, 1.54) is 18.2 Å². The number of alkyl halides is 2.